The third kappa shape index (κ3) is 29.4. The van der Waals surface area contributed by atoms with Gasteiger partial charge in [-0.25, -0.2) is 0 Å². The van der Waals surface area contributed by atoms with E-state index in [2.05, 4.69) is 6.92 Å². The molecule has 0 saturated heterocycles. The van der Waals surface area contributed by atoms with E-state index in [-0.39, 0.29) is 0 Å². The first-order valence-corrected chi connectivity index (χ1v) is 15.1. The van der Waals surface area contributed by atoms with Crippen molar-refractivity contribution >= 4 is 5.97 Å². The Kier molecular flexibility index (Phi) is 27.2. The lowest BCUT2D eigenvalue weighted by Crippen LogP contribution is -2.19. The monoisotopic (exact) mass is 467 g/mol. The van der Waals surface area contributed by atoms with Gasteiger partial charge >= 0.3 is 5.97 Å². The second kappa shape index (κ2) is 27.7. The van der Waals surface area contributed by atoms with Crippen molar-refractivity contribution in [3.05, 3.63) is 0 Å². The van der Waals surface area contributed by atoms with Gasteiger partial charge in [0.1, 0.15) is 0 Å². The predicted molar refractivity (Wildman–Crippen MR) is 146 cm³/mol. The lowest BCUT2D eigenvalue weighted by molar-refractivity contribution is -0.137. The van der Waals surface area contributed by atoms with E-state index in [9.17, 15) is 4.79 Å². The Labute approximate surface area is 208 Å². The summed E-state index contributed by atoms with van der Waals surface area (Å²) in [5.74, 6) is -0.656. The highest BCUT2D eigenvalue weighted by Crippen LogP contribution is 2.16. The van der Waals surface area contributed by atoms with Crippen LogP contribution in [0.25, 0.3) is 0 Å². The van der Waals surface area contributed by atoms with Crippen molar-refractivity contribution in [1.82, 2.24) is 0 Å². The topological polar surface area (TPSA) is 63.3 Å². The molecule has 0 aromatic carbocycles. The minimum absolute atomic E-state index is 0.338. The third-order valence-electron chi connectivity index (χ3n) is 7.14. The quantitative estimate of drug-likeness (QED) is 0.112. The van der Waals surface area contributed by atoms with Crippen LogP contribution in [0.15, 0.2) is 0 Å². The molecule has 0 radical (unpaired) electrons. The zero-order valence-electron chi connectivity index (χ0n) is 22.6. The van der Waals surface area contributed by atoms with Gasteiger partial charge in [-0.1, -0.05) is 155 Å². The molecule has 3 nitrogen and oxygen atoms in total. The fraction of sp³-hybridized carbons (Fsp3) is 0.967. The average molecular weight is 468 g/mol. The van der Waals surface area contributed by atoms with E-state index in [0.29, 0.717) is 12.5 Å². The van der Waals surface area contributed by atoms with Crippen molar-refractivity contribution in [2.75, 3.05) is 0 Å². The van der Waals surface area contributed by atoms with Crippen LogP contribution >= 0.6 is 0 Å². The number of carbonyl (C=O) groups is 1. The summed E-state index contributed by atoms with van der Waals surface area (Å²) < 4.78 is 0. The van der Waals surface area contributed by atoms with Crippen LogP contribution in [0.1, 0.15) is 180 Å². The average Bonchev–Trinajstić information content (AvgIpc) is 2.79. The van der Waals surface area contributed by atoms with E-state index in [1.807, 2.05) is 0 Å². The van der Waals surface area contributed by atoms with Gasteiger partial charge in [-0.05, 0) is 19.3 Å². The molecule has 0 fully saturated rings. The summed E-state index contributed by atoms with van der Waals surface area (Å²) in [5.41, 5.74) is 6.33. The van der Waals surface area contributed by atoms with Gasteiger partial charge in [-0.3, -0.25) is 4.79 Å². The van der Waals surface area contributed by atoms with E-state index < -0.39 is 5.97 Å². The summed E-state index contributed by atoms with van der Waals surface area (Å²) in [4.78, 5) is 10.5. The van der Waals surface area contributed by atoms with Crippen LogP contribution in [0.2, 0.25) is 0 Å². The molecule has 0 saturated carbocycles. The fourth-order valence-electron chi connectivity index (χ4n) is 4.84. The minimum Gasteiger partial charge on any atom is -0.481 e. The molecule has 3 heteroatoms. The molecule has 0 aliphatic rings. The smallest absolute Gasteiger partial charge is 0.303 e. The molecule has 198 valence electrons. The van der Waals surface area contributed by atoms with E-state index in [0.717, 1.165) is 12.8 Å². The van der Waals surface area contributed by atoms with Gasteiger partial charge in [0.15, 0.2) is 0 Å². The first-order chi connectivity index (χ1) is 16.2. The van der Waals surface area contributed by atoms with Crippen molar-refractivity contribution < 1.29 is 9.90 Å². The lowest BCUT2D eigenvalue weighted by atomic mass is 10.00. The fourth-order valence-corrected chi connectivity index (χ4v) is 4.84. The van der Waals surface area contributed by atoms with Crippen LogP contribution in [0.5, 0.6) is 0 Å². The van der Waals surface area contributed by atoms with Gasteiger partial charge in [-0.15, -0.1) is 0 Å². The van der Waals surface area contributed by atoms with Gasteiger partial charge in [0.2, 0.25) is 0 Å². The molecule has 3 N–H and O–H groups in total. The Morgan fingerprint density at radius 3 is 1.09 bits per heavy atom. The Morgan fingerprint density at radius 2 is 0.788 bits per heavy atom. The van der Waals surface area contributed by atoms with Crippen LogP contribution < -0.4 is 5.73 Å². The SMILES string of the molecule is CCCCCCCCCCCCCCC(N)CCCCCCCCCCCCCCC(=O)O. The highest BCUT2D eigenvalue weighted by atomic mass is 16.4. The molecular formula is C30H61NO2. The van der Waals surface area contributed by atoms with Crippen molar-refractivity contribution in [1.29, 1.82) is 0 Å². The normalized spacial score (nSPS) is 12.3. The summed E-state index contributed by atoms with van der Waals surface area (Å²) in [7, 11) is 0. The molecule has 0 spiro atoms. The molecule has 0 aliphatic carbocycles. The minimum atomic E-state index is -0.656. The zero-order chi connectivity index (χ0) is 24.2. The Bertz CT molecular complexity index is 385. The van der Waals surface area contributed by atoms with Gasteiger partial charge in [0.05, 0.1) is 0 Å². The molecule has 1 atom stereocenters. The van der Waals surface area contributed by atoms with Gasteiger partial charge in [-0.2, -0.15) is 0 Å². The number of unbranched alkanes of at least 4 members (excludes halogenated alkanes) is 22. The first kappa shape index (κ1) is 32.4. The highest BCUT2D eigenvalue weighted by molar-refractivity contribution is 5.66. The molecule has 0 aromatic rings. The standard InChI is InChI=1S/C30H61NO2/c1-2-3-4-5-6-7-8-11-14-17-20-23-26-29(31)27-24-21-18-15-12-9-10-13-16-19-22-25-28-30(32)33/h29H,2-28,31H2,1H3,(H,32,33). The maximum atomic E-state index is 10.5. The molecule has 0 rings (SSSR count). The summed E-state index contributed by atoms with van der Waals surface area (Å²) in [5, 5.41) is 8.61. The lowest BCUT2D eigenvalue weighted by Gasteiger charge is -2.11. The number of hydrogen-bond donors (Lipinski definition) is 2. The van der Waals surface area contributed by atoms with Crippen molar-refractivity contribution in [2.45, 2.75) is 186 Å². The van der Waals surface area contributed by atoms with Gasteiger partial charge in [0.25, 0.3) is 0 Å². The second-order valence-electron chi connectivity index (χ2n) is 10.6. The van der Waals surface area contributed by atoms with E-state index in [4.69, 9.17) is 10.8 Å². The predicted octanol–water partition coefficient (Wildman–Crippen LogP) is 9.95. The third-order valence-corrected chi connectivity index (χ3v) is 7.14. The van der Waals surface area contributed by atoms with Crippen molar-refractivity contribution in [3.63, 3.8) is 0 Å². The first-order valence-electron chi connectivity index (χ1n) is 15.1. The largest absolute Gasteiger partial charge is 0.481 e. The molecule has 0 aromatic heterocycles. The molecule has 1 unspecified atom stereocenters. The zero-order valence-corrected chi connectivity index (χ0v) is 22.6. The van der Waals surface area contributed by atoms with Gasteiger partial charge in [0, 0.05) is 12.5 Å². The highest BCUT2D eigenvalue weighted by Gasteiger charge is 2.03. The second-order valence-corrected chi connectivity index (χ2v) is 10.6. The number of carboxylic acid groups (broad SMARTS) is 1. The number of carboxylic acids is 1. The maximum absolute atomic E-state index is 10.5. The van der Waals surface area contributed by atoms with Crippen LogP contribution in [-0.4, -0.2) is 17.1 Å². The van der Waals surface area contributed by atoms with Crippen LogP contribution in [0.3, 0.4) is 0 Å². The summed E-state index contributed by atoms with van der Waals surface area (Å²) in [6, 6.07) is 0.434. The number of aliphatic carboxylic acids is 1. The van der Waals surface area contributed by atoms with Crippen molar-refractivity contribution in [2.24, 2.45) is 5.73 Å². The molecule has 0 heterocycles. The number of nitrogens with two attached hydrogens (primary N) is 1. The van der Waals surface area contributed by atoms with E-state index in [1.54, 1.807) is 0 Å². The van der Waals surface area contributed by atoms with Gasteiger partial charge < -0.3 is 10.8 Å². The summed E-state index contributed by atoms with van der Waals surface area (Å²) in [6.45, 7) is 2.29. The van der Waals surface area contributed by atoms with E-state index >= 15 is 0 Å². The van der Waals surface area contributed by atoms with Crippen LogP contribution in [0, 0.1) is 0 Å². The van der Waals surface area contributed by atoms with Crippen molar-refractivity contribution in [3.8, 4) is 0 Å². The molecule has 0 bridgehead atoms. The number of rotatable bonds is 28. The molecular weight excluding hydrogens is 406 g/mol. The Hall–Kier alpha value is -0.570. The molecule has 0 aliphatic heterocycles. The molecule has 0 amide bonds. The summed E-state index contributed by atoms with van der Waals surface area (Å²) >= 11 is 0. The van der Waals surface area contributed by atoms with Crippen LogP contribution in [0.4, 0.5) is 0 Å². The molecule has 33 heavy (non-hydrogen) atoms. The maximum Gasteiger partial charge on any atom is 0.303 e. The summed E-state index contributed by atoms with van der Waals surface area (Å²) in [6.07, 6.45) is 35.0. The van der Waals surface area contributed by atoms with Crippen LogP contribution in [-0.2, 0) is 4.79 Å². The Morgan fingerprint density at radius 1 is 0.515 bits per heavy atom. The number of hydrogen-bond acceptors (Lipinski definition) is 2. The Balaban J connectivity index is 3.15. The van der Waals surface area contributed by atoms with E-state index in [1.165, 1.54) is 154 Å².